The van der Waals surface area contributed by atoms with Crippen LogP contribution in [0.15, 0.2) is 17.2 Å². The molecule has 1 aliphatic heterocycles. The second kappa shape index (κ2) is 3.67. The Morgan fingerprint density at radius 2 is 2.29 bits per heavy atom. The molecule has 74 valence electrons. The number of fused-ring (bicyclic) bond motifs is 1. The van der Waals surface area contributed by atoms with Crippen LogP contribution < -0.4 is 5.32 Å². The number of nitrogens with one attached hydrogen (secondary N) is 1. The molecule has 14 heavy (non-hydrogen) atoms. The van der Waals surface area contributed by atoms with Crippen molar-refractivity contribution < 1.29 is 9.00 Å². The monoisotopic (exact) mass is 230 g/mol. The first-order valence-corrected chi connectivity index (χ1v) is 5.71. The van der Waals surface area contributed by atoms with Gasteiger partial charge in [-0.05, 0) is 12.1 Å². The molecular weight excluding hydrogens is 224 g/mol. The van der Waals surface area contributed by atoms with Crippen LogP contribution in [-0.2, 0) is 15.6 Å². The third-order valence-corrected chi connectivity index (χ3v) is 3.36. The van der Waals surface area contributed by atoms with Crippen molar-refractivity contribution >= 4 is 34.0 Å². The molecule has 0 aromatic carbocycles. The normalized spacial score (nSPS) is 20.9. The van der Waals surface area contributed by atoms with Crippen LogP contribution in [-0.4, -0.2) is 20.9 Å². The summed E-state index contributed by atoms with van der Waals surface area (Å²) in [4.78, 5) is 15.1. The largest absolute Gasteiger partial charge is 0.324 e. The zero-order valence-electron chi connectivity index (χ0n) is 7.12. The van der Waals surface area contributed by atoms with E-state index in [2.05, 4.69) is 10.3 Å². The molecule has 1 unspecified atom stereocenters. The molecule has 0 saturated carbocycles. The number of hydrogen-bond acceptors (Lipinski definition) is 3. The minimum atomic E-state index is -1.24. The molecule has 0 bridgehead atoms. The van der Waals surface area contributed by atoms with Gasteiger partial charge in [-0.2, -0.15) is 0 Å². The van der Waals surface area contributed by atoms with Crippen molar-refractivity contribution in [3.63, 3.8) is 0 Å². The van der Waals surface area contributed by atoms with Crippen molar-refractivity contribution in [2.24, 2.45) is 0 Å². The van der Waals surface area contributed by atoms with Gasteiger partial charge in [-0.1, -0.05) is 11.6 Å². The standard InChI is InChI=1S/C8H7ClN2O2S/c9-6-2-1-5-8(11-6)14(13)4-3-7(12)10-5/h1-2H,3-4H2,(H,10,12). The molecule has 1 aromatic rings. The molecule has 0 fully saturated rings. The highest BCUT2D eigenvalue weighted by Gasteiger charge is 2.19. The van der Waals surface area contributed by atoms with Crippen molar-refractivity contribution in [2.45, 2.75) is 11.4 Å². The van der Waals surface area contributed by atoms with E-state index in [1.165, 1.54) is 0 Å². The van der Waals surface area contributed by atoms with E-state index in [4.69, 9.17) is 11.6 Å². The summed E-state index contributed by atoms with van der Waals surface area (Å²) in [6.07, 6.45) is 0.251. The quantitative estimate of drug-likeness (QED) is 0.681. The number of halogens is 1. The SMILES string of the molecule is O=C1CCS(=O)c2nc(Cl)ccc2N1. The smallest absolute Gasteiger partial charge is 0.225 e. The van der Waals surface area contributed by atoms with E-state index >= 15 is 0 Å². The first-order valence-electron chi connectivity index (χ1n) is 4.01. The van der Waals surface area contributed by atoms with E-state index in [9.17, 15) is 9.00 Å². The highest BCUT2D eigenvalue weighted by atomic mass is 35.5. The van der Waals surface area contributed by atoms with Crippen molar-refractivity contribution in [3.05, 3.63) is 17.3 Å². The molecule has 1 N–H and O–H groups in total. The van der Waals surface area contributed by atoms with Crippen molar-refractivity contribution in [2.75, 3.05) is 11.1 Å². The first-order chi connectivity index (χ1) is 6.66. The second-order valence-corrected chi connectivity index (χ2v) is 4.71. The fourth-order valence-electron chi connectivity index (χ4n) is 1.18. The minimum absolute atomic E-state index is 0.138. The third kappa shape index (κ3) is 1.78. The van der Waals surface area contributed by atoms with Gasteiger partial charge >= 0.3 is 0 Å². The van der Waals surface area contributed by atoms with E-state index in [1.54, 1.807) is 12.1 Å². The maximum absolute atomic E-state index is 11.6. The topological polar surface area (TPSA) is 59.1 Å². The van der Waals surface area contributed by atoms with Crippen LogP contribution in [0.3, 0.4) is 0 Å². The lowest BCUT2D eigenvalue weighted by Gasteiger charge is -2.03. The summed E-state index contributed by atoms with van der Waals surface area (Å²) in [7, 11) is -1.24. The van der Waals surface area contributed by atoms with Crippen molar-refractivity contribution in [3.8, 4) is 0 Å². The Bertz CT molecular complexity index is 422. The Kier molecular flexibility index (Phi) is 2.52. The lowest BCUT2D eigenvalue weighted by molar-refractivity contribution is -0.115. The number of nitrogens with zero attached hydrogens (tertiary/aromatic N) is 1. The first kappa shape index (κ1) is 9.61. The molecule has 4 nitrogen and oxygen atoms in total. The van der Waals surface area contributed by atoms with Crippen LogP contribution in [0.2, 0.25) is 5.15 Å². The van der Waals surface area contributed by atoms with E-state index in [1.807, 2.05) is 0 Å². The third-order valence-electron chi connectivity index (χ3n) is 1.83. The maximum Gasteiger partial charge on any atom is 0.225 e. The predicted molar refractivity (Wildman–Crippen MR) is 53.8 cm³/mol. The van der Waals surface area contributed by atoms with Crippen molar-refractivity contribution in [1.29, 1.82) is 0 Å². The van der Waals surface area contributed by atoms with Crippen LogP contribution in [0.5, 0.6) is 0 Å². The van der Waals surface area contributed by atoms with Gasteiger partial charge in [0.25, 0.3) is 0 Å². The number of hydrogen-bond donors (Lipinski definition) is 1. The van der Waals surface area contributed by atoms with Crippen LogP contribution in [0.1, 0.15) is 6.42 Å². The number of rotatable bonds is 0. The molecule has 0 radical (unpaired) electrons. The van der Waals surface area contributed by atoms with Gasteiger partial charge in [-0.3, -0.25) is 9.00 Å². The Labute approximate surface area is 88.1 Å². The molecule has 2 heterocycles. The van der Waals surface area contributed by atoms with E-state index in [0.717, 1.165) is 0 Å². The molecule has 2 rings (SSSR count). The van der Waals surface area contributed by atoms with Gasteiger partial charge in [0.15, 0.2) is 5.03 Å². The second-order valence-electron chi connectivity index (χ2n) is 2.83. The number of amides is 1. The number of carbonyl (C=O) groups is 1. The zero-order valence-corrected chi connectivity index (χ0v) is 8.69. The molecular formula is C8H7ClN2O2S. The fourth-order valence-corrected chi connectivity index (χ4v) is 2.51. The molecule has 6 heteroatoms. The van der Waals surface area contributed by atoms with Gasteiger partial charge in [-0.15, -0.1) is 0 Å². The number of pyridine rings is 1. The van der Waals surface area contributed by atoms with Gasteiger partial charge in [0.1, 0.15) is 5.15 Å². The van der Waals surface area contributed by atoms with Crippen molar-refractivity contribution in [1.82, 2.24) is 4.98 Å². The fraction of sp³-hybridized carbons (Fsp3) is 0.250. The summed E-state index contributed by atoms with van der Waals surface area (Å²) in [6.45, 7) is 0. The summed E-state index contributed by atoms with van der Waals surface area (Å²) < 4.78 is 11.6. The van der Waals surface area contributed by atoms with E-state index in [0.29, 0.717) is 16.5 Å². The van der Waals surface area contributed by atoms with Gasteiger partial charge in [-0.25, -0.2) is 4.98 Å². The highest BCUT2D eigenvalue weighted by Crippen LogP contribution is 2.23. The highest BCUT2D eigenvalue weighted by molar-refractivity contribution is 7.85. The molecule has 0 aliphatic carbocycles. The lowest BCUT2D eigenvalue weighted by Crippen LogP contribution is -2.10. The van der Waals surface area contributed by atoms with Crippen LogP contribution in [0.4, 0.5) is 5.69 Å². The van der Waals surface area contributed by atoms with Gasteiger partial charge in [0.05, 0.1) is 16.5 Å². The summed E-state index contributed by atoms with van der Waals surface area (Å²) in [5.41, 5.74) is 0.496. The molecule has 1 amide bonds. The van der Waals surface area contributed by atoms with E-state index < -0.39 is 10.8 Å². The van der Waals surface area contributed by atoms with E-state index in [-0.39, 0.29) is 17.5 Å². The van der Waals surface area contributed by atoms with Gasteiger partial charge < -0.3 is 5.32 Å². The Morgan fingerprint density at radius 1 is 1.50 bits per heavy atom. The lowest BCUT2D eigenvalue weighted by atomic mass is 10.4. The molecule has 1 aromatic heterocycles. The molecule has 0 spiro atoms. The van der Waals surface area contributed by atoms with Crippen LogP contribution in [0, 0.1) is 0 Å². The number of carbonyl (C=O) groups excluding carboxylic acids is 1. The molecule has 0 saturated heterocycles. The Balaban J connectivity index is 2.52. The Morgan fingerprint density at radius 3 is 3.07 bits per heavy atom. The Hall–Kier alpha value is -0.940. The number of anilines is 1. The average Bonchev–Trinajstić information content (AvgIpc) is 2.29. The van der Waals surface area contributed by atoms with Gasteiger partial charge in [0.2, 0.25) is 5.91 Å². The average molecular weight is 231 g/mol. The van der Waals surface area contributed by atoms with Crippen LogP contribution in [0.25, 0.3) is 0 Å². The number of aromatic nitrogens is 1. The summed E-state index contributed by atoms with van der Waals surface area (Å²) >= 11 is 5.67. The minimum Gasteiger partial charge on any atom is -0.324 e. The summed E-state index contributed by atoms with van der Waals surface area (Å²) in [6, 6.07) is 3.18. The van der Waals surface area contributed by atoms with Crippen LogP contribution >= 0.6 is 11.6 Å². The molecule has 1 aliphatic rings. The summed E-state index contributed by atoms with van der Waals surface area (Å²) in [5, 5.41) is 3.28. The maximum atomic E-state index is 11.6. The van der Waals surface area contributed by atoms with Gasteiger partial charge in [0, 0.05) is 12.2 Å². The summed E-state index contributed by atoms with van der Waals surface area (Å²) in [5.74, 6) is 0.160. The zero-order chi connectivity index (χ0) is 10.1. The molecule has 1 atom stereocenters. The predicted octanol–water partition coefficient (Wildman–Crippen LogP) is 1.18.